The highest BCUT2D eigenvalue weighted by Crippen LogP contribution is 2.40. The van der Waals surface area contributed by atoms with Gasteiger partial charge in [-0.05, 0) is 18.9 Å². The Kier molecular flexibility index (Phi) is 4.35. The van der Waals surface area contributed by atoms with E-state index < -0.39 is 0 Å². The van der Waals surface area contributed by atoms with Crippen LogP contribution < -0.4 is 4.74 Å². The molecule has 0 spiro atoms. The molecule has 2 aromatic rings. The highest BCUT2D eigenvalue weighted by Gasteiger charge is 2.20. The maximum Gasteiger partial charge on any atom is 0.176 e. The number of ether oxygens (including phenoxy) is 2. The largest absolute Gasteiger partial charge is 0.489 e. The SMILES string of the molecule is CC(=O)c1cc2c(Cl)c(Cl)c(OCC3CCCO3)cc2n1C. The molecule has 0 saturated carbocycles. The van der Waals surface area contributed by atoms with Gasteiger partial charge in [0, 0.05) is 32.0 Å². The minimum absolute atomic E-state index is 0.0206. The molecule has 0 N–H and O–H groups in total. The number of carbonyl (C=O) groups excluding carboxylic acids is 1. The van der Waals surface area contributed by atoms with Gasteiger partial charge in [0.25, 0.3) is 0 Å². The number of Topliss-reactive ketones (excluding diaryl/α,β-unsaturated/α-hetero) is 1. The third-order valence-electron chi connectivity index (χ3n) is 4.00. The van der Waals surface area contributed by atoms with Crippen LogP contribution in [0, 0.1) is 0 Å². The second kappa shape index (κ2) is 6.11. The molecule has 118 valence electrons. The van der Waals surface area contributed by atoms with Gasteiger partial charge in [0.05, 0.1) is 22.3 Å². The van der Waals surface area contributed by atoms with Crippen molar-refractivity contribution in [3.05, 3.63) is 27.9 Å². The lowest BCUT2D eigenvalue weighted by Crippen LogP contribution is -2.16. The summed E-state index contributed by atoms with van der Waals surface area (Å²) < 4.78 is 13.1. The lowest BCUT2D eigenvalue weighted by Gasteiger charge is -2.14. The number of hydrogen-bond acceptors (Lipinski definition) is 3. The number of halogens is 2. The highest BCUT2D eigenvalue weighted by molar-refractivity contribution is 6.46. The Morgan fingerprint density at radius 2 is 2.18 bits per heavy atom. The summed E-state index contributed by atoms with van der Waals surface area (Å²) in [5.41, 5.74) is 1.41. The summed E-state index contributed by atoms with van der Waals surface area (Å²) in [7, 11) is 1.83. The molecule has 1 aromatic heterocycles. The Morgan fingerprint density at radius 1 is 1.41 bits per heavy atom. The van der Waals surface area contributed by atoms with Gasteiger partial charge >= 0.3 is 0 Å². The second-order valence-electron chi connectivity index (χ2n) is 5.53. The molecule has 0 radical (unpaired) electrons. The number of carbonyl (C=O) groups is 1. The van der Waals surface area contributed by atoms with E-state index in [9.17, 15) is 4.79 Å². The van der Waals surface area contributed by atoms with Crippen molar-refractivity contribution in [2.24, 2.45) is 7.05 Å². The number of fused-ring (bicyclic) bond motifs is 1. The molecule has 4 nitrogen and oxygen atoms in total. The molecule has 3 rings (SSSR count). The molecule has 1 saturated heterocycles. The van der Waals surface area contributed by atoms with Gasteiger partial charge in [-0.1, -0.05) is 23.2 Å². The van der Waals surface area contributed by atoms with Gasteiger partial charge in [-0.25, -0.2) is 0 Å². The summed E-state index contributed by atoms with van der Waals surface area (Å²) in [4.78, 5) is 11.7. The van der Waals surface area contributed by atoms with Gasteiger partial charge in [0.15, 0.2) is 5.78 Å². The topological polar surface area (TPSA) is 40.5 Å². The van der Waals surface area contributed by atoms with E-state index in [1.165, 1.54) is 6.92 Å². The Hall–Kier alpha value is -1.23. The molecule has 1 aromatic carbocycles. The molecule has 0 bridgehead atoms. The van der Waals surface area contributed by atoms with E-state index in [-0.39, 0.29) is 11.9 Å². The smallest absolute Gasteiger partial charge is 0.176 e. The molecule has 0 amide bonds. The van der Waals surface area contributed by atoms with E-state index in [4.69, 9.17) is 32.7 Å². The van der Waals surface area contributed by atoms with Gasteiger partial charge in [0.2, 0.25) is 0 Å². The zero-order valence-corrected chi connectivity index (χ0v) is 14.0. The summed E-state index contributed by atoms with van der Waals surface area (Å²) >= 11 is 12.7. The number of rotatable bonds is 4. The van der Waals surface area contributed by atoms with Crippen LogP contribution in [0.3, 0.4) is 0 Å². The number of ketones is 1. The second-order valence-corrected chi connectivity index (χ2v) is 6.28. The summed E-state index contributed by atoms with van der Waals surface area (Å²) in [5.74, 6) is 0.499. The van der Waals surface area contributed by atoms with Crippen molar-refractivity contribution in [2.75, 3.05) is 13.2 Å². The first kappa shape index (κ1) is 15.7. The summed E-state index contributed by atoms with van der Waals surface area (Å²) in [6.45, 7) is 2.76. The molecular formula is C16H17Cl2NO3. The Balaban J connectivity index is 1.98. The Morgan fingerprint density at radius 3 is 2.82 bits per heavy atom. The molecule has 1 atom stereocenters. The molecule has 1 aliphatic heterocycles. The predicted molar refractivity (Wildman–Crippen MR) is 87.4 cm³/mol. The van der Waals surface area contributed by atoms with Gasteiger partial charge in [0.1, 0.15) is 17.4 Å². The molecule has 22 heavy (non-hydrogen) atoms. The first-order chi connectivity index (χ1) is 10.5. The summed E-state index contributed by atoms with van der Waals surface area (Å²) in [5, 5.41) is 1.53. The van der Waals surface area contributed by atoms with Crippen molar-refractivity contribution < 1.29 is 14.3 Å². The van der Waals surface area contributed by atoms with Crippen LogP contribution in [0.4, 0.5) is 0 Å². The van der Waals surface area contributed by atoms with Crippen LogP contribution in [-0.2, 0) is 11.8 Å². The number of hydrogen-bond donors (Lipinski definition) is 0. The number of aryl methyl sites for hydroxylation is 1. The van der Waals surface area contributed by atoms with E-state index in [2.05, 4.69) is 0 Å². The number of benzene rings is 1. The molecule has 1 aliphatic rings. The fraction of sp³-hybridized carbons (Fsp3) is 0.438. The standard InChI is InChI=1S/C16H17Cl2NO3/c1-9(20)12-6-11-13(19(12)2)7-14(16(18)15(11)17)22-8-10-4-3-5-21-10/h6-7,10H,3-5,8H2,1-2H3. The van der Waals surface area contributed by atoms with E-state index >= 15 is 0 Å². The van der Waals surface area contributed by atoms with Crippen LogP contribution in [0.2, 0.25) is 10.0 Å². The van der Waals surface area contributed by atoms with Gasteiger partial charge < -0.3 is 14.0 Å². The van der Waals surface area contributed by atoms with E-state index in [0.29, 0.717) is 28.1 Å². The maximum absolute atomic E-state index is 11.7. The minimum Gasteiger partial charge on any atom is -0.489 e. The van der Waals surface area contributed by atoms with E-state index in [1.807, 2.05) is 13.1 Å². The van der Waals surface area contributed by atoms with Crippen molar-refractivity contribution in [3.63, 3.8) is 0 Å². The molecule has 1 fully saturated rings. The zero-order chi connectivity index (χ0) is 15.9. The van der Waals surface area contributed by atoms with Crippen molar-refractivity contribution in [1.82, 2.24) is 4.57 Å². The minimum atomic E-state index is -0.0206. The van der Waals surface area contributed by atoms with Crippen LogP contribution in [-0.4, -0.2) is 29.7 Å². The first-order valence-electron chi connectivity index (χ1n) is 7.21. The predicted octanol–water partition coefficient (Wildman–Crippen LogP) is 4.25. The van der Waals surface area contributed by atoms with Crippen LogP contribution in [0.15, 0.2) is 12.1 Å². The van der Waals surface area contributed by atoms with E-state index in [0.717, 1.165) is 30.4 Å². The number of aromatic nitrogens is 1. The van der Waals surface area contributed by atoms with Gasteiger partial charge in [-0.15, -0.1) is 0 Å². The Labute approximate surface area is 138 Å². The highest BCUT2D eigenvalue weighted by atomic mass is 35.5. The average Bonchev–Trinajstić information content (AvgIpc) is 3.10. The van der Waals surface area contributed by atoms with Crippen molar-refractivity contribution in [1.29, 1.82) is 0 Å². The number of nitrogens with zero attached hydrogens (tertiary/aromatic N) is 1. The van der Waals surface area contributed by atoms with Crippen molar-refractivity contribution in [2.45, 2.75) is 25.9 Å². The van der Waals surface area contributed by atoms with Crippen LogP contribution in [0.25, 0.3) is 10.9 Å². The monoisotopic (exact) mass is 341 g/mol. The Bertz CT molecular complexity index is 733. The third kappa shape index (κ3) is 2.71. The zero-order valence-electron chi connectivity index (χ0n) is 12.5. The maximum atomic E-state index is 11.7. The van der Waals surface area contributed by atoms with Crippen molar-refractivity contribution >= 4 is 39.9 Å². The quantitative estimate of drug-likeness (QED) is 0.780. The van der Waals surface area contributed by atoms with Crippen LogP contribution in [0.1, 0.15) is 30.3 Å². The first-order valence-corrected chi connectivity index (χ1v) is 7.97. The molecule has 1 unspecified atom stereocenters. The van der Waals surface area contributed by atoms with E-state index in [1.54, 1.807) is 10.6 Å². The van der Waals surface area contributed by atoms with Gasteiger partial charge in [-0.3, -0.25) is 4.79 Å². The van der Waals surface area contributed by atoms with Crippen molar-refractivity contribution in [3.8, 4) is 5.75 Å². The third-order valence-corrected chi connectivity index (χ3v) is 4.87. The average molecular weight is 342 g/mol. The fourth-order valence-electron chi connectivity index (χ4n) is 2.78. The summed E-state index contributed by atoms with van der Waals surface area (Å²) in [6, 6.07) is 3.58. The van der Waals surface area contributed by atoms with Gasteiger partial charge in [-0.2, -0.15) is 0 Å². The molecular weight excluding hydrogens is 325 g/mol. The van der Waals surface area contributed by atoms with Crippen LogP contribution in [0.5, 0.6) is 5.75 Å². The molecule has 2 heterocycles. The lowest BCUT2D eigenvalue weighted by molar-refractivity contribution is 0.0680. The van der Waals surface area contributed by atoms with Crippen LogP contribution >= 0.6 is 23.2 Å². The normalized spacial score (nSPS) is 18.1. The lowest BCUT2D eigenvalue weighted by atomic mass is 10.2. The molecule has 0 aliphatic carbocycles. The molecule has 6 heteroatoms. The fourth-order valence-corrected chi connectivity index (χ4v) is 3.24. The summed E-state index contributed by atoms with van der Waals surface area (Å²) in [6.07, 6.45) is 2.15.